The summed E-state index contributed by atoms with van der Waals surface area (Å²) in [5.41, 5.74) is 8.07. The largest absolute Gasteiger partial charge is 0.673 e. The van der Waals surface area contributed by atoms with Crippen LogP contribution in [0.5, 0.6) is 0 Å². The standard InChI is InChI=1S/C24H32P2.C8H12.BF4.Rh/c1-23(2,3)25-15-17-11-7-9-13-19(17)21(25)22-20-14-10-8-12-18(20)16-26(22)24(4,5)6;1-2-4-6-8-7-5-3-1;2-1(3,4)5;/h7-14,21-22H,15-16H2,1-6H3;1-2,7-8H,3-6H2;;/q;;-1;/b;2-1-,8-7-;;/t21-,22-,25?,26?;;;/m1.../s1. The van der Waals surface area contributed by atoms with Crippen LogP contribution in [0.1, 0.15) is 101 Å². The molecule has 0 N–H and O–H groups in total. The molecule has 5 rings (SSSR count). The maximum absolute atomic E-state index is 9.75. The predicted octanol–water partition coefficient (Wildman–Crippen LogP) is 12.0. The van der Waals surface area contributed by atoms with E-state index in [9.17, 15) is 17.3 Å². The van der Waals surface area contributed by atoms with Gasteiger partial charge in [0, 0.05) is 30.8 Å². The van der Waals surface area contributed by atoms with Gasteiger partial charge in [-0.05, 0) is 70.6 Å². The van der Waals surface area contributed by atoms with Crippen molar-refractivity contribution in [1.82, 2.24) is 0 Å². The van der Waals surface area contributed by atoms with E-state index in [1.807, 2.05) is 0 Å². The molecule has 223 valence electrons. The van der Waals surface area contributed by atoms with Crippen molar-refractivity contribution in [3.8, 4) is 0 Å². The summed E-state index contributed by atoms with van der Waals surface area (Å²) in [7, 11) is -6.14. The van der Waals surface area contributed by atoms with Gasteiger partial charge < -0.3 is 17.3 Å². The van der Waals surface area contributed by atoms with Crippen LogP contribution in [-0.4, -0.2) is 17.6 Å². The normalized spacial score (nSPS) is 25.4. The number of fused-ring (bicyclic) bond motifs is 2. The Bertz CT molecular complexity index is 1030. The number of halogens is 4. The van der Waals surface area contributed by atoms with Crippen molar-refractivity contribution >= 4 is 23.1 Å². The smallest absolute Gasteiger partial charge is 0.418 e. The minimum atomic E-state index is -6.00. The number of hydrogen-bond acceptors (Lipinski definition) is 0. The Balaban J connectivity index is 0.000000333. The first-order chi connectivity index (χ1) is 18.2. The first-order valence-electron chi connectivity index (χ1n) is 14.0. The van der Waals surface area contributed by atoms with E-state index in [4.69, 9.17) is 0 Å². The predicted molar refractivity (Wildman–Crippen MR) is 166 cm³/mol. The Hall–Kier alpha value is -0.812. The quantitative estimate of drug-likeness (QED) is 0.122. The van der Waals surface area contributed by atoms with Crippen LogP contribution in [0.3, 0.4) is 0 Å². The molecule has 0 saturated heterocycles. The summed E-state index contributed by atoms with van der Waals surface area (Å²) in [6.45, 7) is 14.9. The van der Waals surface area contributed by atoms with Gasteiger partial charge in [-0.15, -0.1) is 0 Å². The zero-order chi connectivity index (χ0) is 28.8. The van der Waals surface area contributed by atoms with Crippen molar-refractivity contribution < 1.29 is 36.7 Å². The molecule has 2 unspecified atom stereocenters. The monoisotopic (exact) mass is 680 g/mol. The second-order valence-electron chi connectivity index (χ2n) is 12.5. The van der Waals surface area contributed by atoms with Gasteiger partial charge >= 0.3 is 7.25 Å². The summed E-state index contributed by atoms with van der Waals surface area (Å²) in [5.74, 6) is 0. The fourth-order valence-corrected chi connectivity index (χ4v) is 13.1. The first kappa shape index (κ1) is 35.4. The molecule has 3 aliphatic rings. The number of rotatable bonds is 1. The molecule has 0 bridgehead atoms. The summed E-state index contributed by atoms with van der Waals surface area (Å²) in [4.78, 5) is 0. The van der Waals surface area contributed by atoms with Crippen LogP contribution in [0, 0.1) is 0 Å². The molecule has 40 heavy (non-hydrogen) atoms. The van der Waals surface area contributed by atoms with Gasteiger partial charge in [-0.25, -0.2) is 0 Å². The Morgan fingerprint density at radius 2 is 0.850 bits per heavy atom. The second-order valence-corrected chi connectivity index (χ2v) is 18.8. The Morgan fingerprint density at radius 1 is 0.575 bits per heavy atom. The van der Waals surface area contributed by atoms with Crippen molar-refractivity contribution in [1.29, 1.82) is 0 Å². The molecule has 2 aliphatic heterocycles. The molecule has 0 amide bonds. The van der Waals surface area contributed by atoms with Crippen molar-refractivity contribution in [2.45, 2.75) is 101 Å². The van der Waals surface area contributed by atoms with Crippen molar-refractivity contribution in [3.05, 3.63) is 95.1 Å². The maximum atomic E-state index is 9.75. The zero-order valence-corrected chi connectivity index (χ0v) is 28.1. The molecule has 4 atom stereocenters. The van der Waals surface area contributed by atoms with Crippen LogP contribution in [0.15, 0.2) is 72.8 Å². The minimum Gasteiger partial charge on any atom is -0.418 e. The van der Waals surface area contributed by atoms with Gasteiger partial charge in [-0.1, -0.05) is 130 Å². The number of benzene rings is 2. The summed E-state index contributed by atoms with van der Waals surface area (Å²) in [6, 6.07) is 18.7. The average Bonchev–Trinajstić information content (AvgIpc) is 3.36. The van der Waals surface area contributed by atoms with Crippen LogP contribution in [0.2, 0.25) is 0 Å². The van der Waals surface area contributed by atoms with Crippen molar-refractivity contribution in [3.63, 3.8) is 0 Å². The Kier molecular flexibility index (Phi) is 13.3. The fraction of sp³-hybridized carbons (Fsp3) is 0.500. The molecule has 0 fully saturated rings. The third-order valence-electron chi connectivity index (χ3n) is 7.46. The van der Waals surface area contributed by atoms with Crippen molar-refractivity contribution in [2.75, 3.05) is 0 Å². The fourth-order valence-electron chi connectivity index (χ4n) is 5.68. The van der Waals surface area contributed by atoms with Gasteiger partial charge in [-0.3, -0.25) is 0 Å². The van der Waals surface area contributed by atoms with Crippen LogP contribution >= 0.6 is 15.8 Å². The van der Waals surface area contributed by atoms with Gasteiger partial charge in [0.2, 0.25) is 0 Å². The van der Waals surface area contributed by atoms with Crippen LogP contribution in [-0.2, 0) is 31.8 Å². The third-order valence-corrected chi connectivity index (χ3v) is 15.0. The molecule has 0 aromatic heterocycles. The molecule has 1 radical (unpaired) electrons. The van der Waals surface area contributed by atoms with E-state index < -0.39 is 7.25 Å². The first-order valence-corrected chi connectivity index (χ1v) is 17.2. The van der Waals surface area contributed by atoms with Gasteiger partial charge in [0.25, 0.3) is 0 Å². The van der Waals surface area contributed by atoms with Crippen molar-refractivity contribution in [2.24, 2.45) is 0 Å². The maximum Gasteiger partial charge on any atom is 0.673 e. The van der Waals surface area contributed by atoms with Gasteiger partial charge in [0.1, 0.15) is 0 Å². The number of allylic oxidation sites excluding steroid dienone is 4. The average molecular weight is 680 g/mol. The molecular formula is C32H44BF4P2Rh-. The van der Waals surface area contributed by atoms with E-state index in [-0.39, 0.29) is 35.3 Å². The van der Waals surface area contributed by atoms with E-state index in [1.54, 1.807) is 22.3 Å². The molecule has 0 spiro atoms. The number of hydrogen-bond donors (Lipinski definition) is 0. The van der Waals surface area contributed by atoms with E-state index in [0.29, 0.717) is 10.3 Å². The van der Waals surface area contributed by atoms with Crippen LogP contribution < -0.4 is 0 Å². The van der Waals surface area contributed by atoms with Gasteiger partial charge in [0.05, 0.1) is 0 Å². The topological polar surface area (TPSA) is 0 Å². The molecule has 2 aromatic carbocycles. The Morgan fingerprint density at radius 3 is 1.12 bits per heavy atom. The third kappa shape index (κ3) is 10.2. The van der Waals surface area contributed by atoms with E-state index in [2.05, 4.69) is 114 Å². The molecule has 0 nitrogen and oxygen atoms in total. The molecule has 1 aliphatic carbocycles. The van der Waals surface area contributed by atoms with Gasteiger partial charge in [0.15, 0.2) is 0 Å². The van der Waals surface area contributed by atoms with Gasteiger partial charge in [-0.2, -0.15) is 0 Å². The van der Waals surface area contributed by atoms with E-state index in [1.165, 1.54) is 38.0 Å². The summed E-state index contributed by atoms with van der Waals surface area (Å²) in [5, 5.41) is 0.797. The second kappa shape index (κ2) is 15.1. The summed E-state index contributed by atoms with van der Waals surface area (Å²) < 4.78 is 39.0. The summed E-state index contributed by atoms with van der Waals surface area (Å²) in [6.07, 6.45) is 16.6. The minimum absolute atomic E-state index is 0. The molecule has 0 saturated carbocycles. The molecule has 2 aromatic rings. The molecular weight excluding hydrogens is 636 g/mol. The SMILES string of the molecule is C1=C\CC/C=C\CC/1.CC(C)(C)P1Cc2ccccc2[C@@H]1[C@H]1c2ccccc2CP1C(C)(C)C.F[B-](F)(F)F.[Rh]. The van der Waals surface area contributed by atoms with Crippen LogP contribution in [0.4, 0.5) is 17.3 Å². The summed E-state index contributed by atoms with van der Waals surface area (Å²) >= 11 is 0. The van der Waals surface area contributed by atoms with Crippen LogP contribution in [0.25, 0.3) is 0 Å². The molecule has 8 heteroatoms. The Labute approximate surface area is 255 Å². The molecule has 2 heterocycles. The van der Waals surface area contributed by atoms with E-state index >= 15 is 0 Å². The van der Waals surface area contributed by atoms with E-state index in [0.717, 1.165) is 11.3 Å². The zero-order valence-electron chi connectivity index (χ0n) is 24.6.